The number of benzene rings is 1. The fraction of sp³-hybridized carbons (Fsp3) is 0.646. The van der Waals surface area contributed by atoms with Crippen LogP contribution >= 0.6 is 0 Å². The molecule has 2 fully saturated rings. The fourth-order valence-electron chi connectivity index (χ4n) is 12.9. The number of nitrogens with two attached hydrogens (primary N) is 2. The number of hydrogen-bond donors (Lipinski definition) is 28. The average molecular weight is 1860 g/mol. The summed E-state index contributed by atoms with van der Waals surface area (Å²) in [5, 5.41) is 128. The van der Waals surface area contributed by atoms with Crippen LogP contribution < -0.4 is 102 Å². The Kier molecular flexibility index (Phi) is 46.2. The van der Waals surface area contributed by atoms with E-state index in [0.29, 0.717) is 5.56 Å². The minimum absolute atomic E-state index is 0.000308. The lowest BCUT2D eigenvalue weighted by molar-refractivity contribution is -0.146. The van der Waals surface area contributed by atoms with E-state index in [-0.39, 0.29) is 63.3 Å². The molecule has 1 aromatic rings. The van der Waals surface area contributed by atoms with Crippen LogP contribution in [0, 0.1) is 11.8 Å². The minimum atomic E-state index is -1.92. The molecular formula is C79H125N21O31. The number of nitrogens with zero attached hydrogens (tertiary/aromatic N) is 2. The van der Waals surface area contributed by atoms with E-state index in [1.54, 1.807) is 27.7 Å². The fourth-order valence-corrected chi connectivity index (χ4v) is 12.9. The van der Waals surface area contributed by atoms with Gasteiger partial charge < -0.3 is 158 Å². The number of likely N-dealkylation sites (tertiary alicyclic amines) is 2. The number of aliphatic hydroxyl groups is 6. The van der Waals surface area contributed by atoms with Gasteiger partial charge in [-0.15, -0.1) is 0 Å². The number of hydrogen-bond acceptors (Lipinski definition) is 30. The minimum Gasteiger partial charge on any atom is -0.508 e. The van der Waals surface area contributed by atoms with Crippen LogP contribution in [-0.4, -0.2) is 359 Å². The highest BCUT2D eigenvalue weighted by Gasteiger charge is 2.44. The summed E-state index contributed by atoms with van der Waals surface area (Å²) in [5.74, 6) is -25.1. The summed E-state index contributed by atoms with van der Waals surface area (Å²) in [7, 11) is 0. The van der Waals surface area contributed by atoms with Gasteiger partial charge in [0.05, 0.1) is 57.6 Å². The molecule has 2 heterocycles. The van der Waals surface area contributed by atoms with Gasteiger partial charge in [-0.1, -0.05) is 39.8 Å². The molecule has 3 rings (SSSR count). The Morgan fingerprint density at radius 3 is 1.19 bits per heavy atom. The third kappa shape index (κ3) is 36.2. The van der Waals surface area contributed by atoms with Crippen molar-refractivity contribution < 1.29 is 151 Å². The summed E-state index contributed by atoms with van der Waals surface area (Å²) >= 11 is 0. The first-order valence-electron chi connectivity index (χ1n) is 42.0. The Morgan fingerprint density at radius 1 is 0.397 bits per heavy atom. The second-order valence-electron chi connectivity index (χ2n) is 32.4. The zero-order valence-electron chi connectivity index (χ0n) is 74.5. The number of phenols is 1. The molecule has 0 spiro atoms. The van der Waals surface area contributed by atoms with Crippen molar-refractivity contribution in [3.05, 3.63) is 29.8 Å². The van der Waals surface area contributed by atoms with Crippen LogP contribution in [-0.2, 0) is 112 Å². The first-order chi connectivity index (χ1) is 61.2. The van der Waals surface area contributed by atoms with Crippen LogP contribution in [0.4, 0.5) is 0 Å². The zero-order chi connectivity index (χ0) is 99.5. The maximum absolute atomic E-state index is 14.1. The van der Waals surface area contributed by atoms with Crippen molar-refractivity contribution in [1.82, 2.24) is 100 Å². The number of aromatic hydroxyl groups is 1. The van der Waals surface area contributed by atoms with Gasteiger partial charge in [0.1, 0.15) is 115 Å². The third-order valence-corrected chi connectivity index (χ3v) is 20.7. The molecule has 52 heteroatoms. The second kappa shape index (κ2) is 53.9. The van der Waals surface area contributed by atoms with Crippen LogP contribution in [0.15, 0.2) is 24.3 Å². The summed E-state index contributed by atoms with van der Waals surface area (Å²) in [6.45, 7) is 10.5. The lowest BCUT2D eigenvalue weighted by Crippen LogP contribution is -2.61. The number of nitrogens with one attached hydrogen (secondary N) is 17. The Balaban J connectivity index is 1.65. The molecule has 131 heavy (non-hydrogen) atoms. The predicted molar refractivity (Wildman–Crippen MR) is 452 cm³/mol. The SMILES string of the molecule is CC(C)C[C@H](NC(=O)[C@@H](NC(=O)[C@H](C)NC(=O)[C@H](C)NC(=O)[C@H](C)NC(=O)[C@H](Cc1ccc(O)cc1)NC(=O)[C@H](CO)NC(=O)[C@@H]1CCCN1C(=O)CNC(=O)[C@H](C)NC(=O)[C@@H]1CCCN1C(=O)[C@H](CC(=O)O)NC(=O)[C@H](CO)NC(=O)[C@H](C)NC(=O)[C@@H](NC(=O)[C@@H](N)C(C)C)[C@@H](C)O)[C@@H](C)O)C(=O)N[C@@H](CCC(N)=O)C(=O)N[C@@H](C)C(=O)N[C@@H](CO)C(=O)N[C@@H](CO)C(=O)O. The highest BCUT2D eigenvalue weighted by Crippen LogP contribution is 2.22. The summed E-state index contributed by atoms with van der Waals surface area (Å²) in [5.41, 5.74) is 11.5. The highest BCUT2D eigenvalue weighted by atomic mass is 16.4. The largest absolute Gasteiger partial charge is 0.508 e. The van der Waals surface area contributed by atoms with Gasteiger partial charge in [0, 0.05) is 25.9 Å². The molecule has 52 nitrogen and oxygen atoms in total. The Morgan fingerprint density at radius 2 is 0.748 bits per heavy atom. The van der Waals surface area contributed by atoms with Crippen LogP contribution in [0.3, 0.4) is 0 Å². The summed E-state index contributed by atoms with van der Waals surface area (Å²) in [6, 6.07) is -25.0. The van der Waals surface area contributed by atoms with Crippen molar-refractivity contribution >= 4 is 130 Å². The van der Waals surface area contributed by atoms with Crippen molar-refractivity contribution in [3.63, 3.8) is 0 Å². The first kappa shape index (κ1) is 112. The number of aliphatic hydroxyl groups excluding tert-OH is 6. The molecule has 21 atom stereocenters. The van der Waals surface area contributed by atoms with Crippen molar-refractivity contribution in [2.24, 2.45) is 23.3 Å². The van der Waals surface area contributed by atoms with E-state index < -0.39 is 315 Å². The standard InChI is InChI=1S/C79H125N21O31/c1-33(2)25-46(69(120)89-45(21-22-55(80)108)67(118)85-38(8)64(115)94-50(30-102)72(123)96-52(32-104)79(130)131)91-77(128)60(42(12)106)97-66(117)40(10)84-62(113)36(6)83-63(114)37(7)86-68(119)47(26-43-17-19-44(107)20-18-43)90-70(121)51(31-103)95-74(125)53-15-13-23-99(53)56(109)28-82-61(112)35(5)87-73(124)54-16-14-24-100(54)78(129)48(27-57(110)111)92-71(122)49(29-101)93-65(116)39(9)88-76(127)59(41(11)105)98-75(126)58(81)34(3)4/h17-20,33-42,45-54,58-60,101-107H,13-16,21-32,81H2,1-12H3,(H2,80,108)(H,82,112)(H,83,114)(H,84,113)(H,85,118)(H,86,119)(H,87,124)(H,88,127)(H,89,120)(H,90,121)(H,91,128)(H,92,122)(H,93,116)(H,94,115)(H,95,125)(H,96,123)(H,97,117)(H,98,126)(H,110,111)(H,130,131)/t35-,36-,37-,38-,39-,40-,41+,42+,45-,46-,47-,48-,49-,50-,51-,52-,53-,54-,58-,59-,60-/m0/s1. The Labute approximate surface area is 751 Å². The molecule has 2 aliphatic rings. The van der Waals surface area contributed by atoms with Gasteiger partial charge in [0.25, 0.3) is 0 Å². The van der Waals surface area contributed by atoms with Crippen molar-refractivity contribution in [3.8, 4) is 5.75 Å². The molecule has 732 valence electrons. The molecule has 0 unspecified atom stereocenters. The van der Waals surface area contributed by atoms with Crippen LogP contribution in [0.25, 0.3) is 0 Å². The van der Waals surface area contributed by atoms with Gasteiger partial charge in [-0.3, -0.25) is 101 Å². The molecule has 30 N–H and O–H groups in total. The number of phenolic OH excluding ortho intramolecular Hbond substituents is 1. The van der Waals surface area contributed by atoms with E-state index in [4.69, 9.17) is 16.6 Å². The topological polar surface area (TPSA) is 821 Å². The monoisotopic (exact) mass is 1860 g/mol. The molecule has 2 aliphatic heterocycles. The summed E-state index contributed by atoms with van der Waals surface area (Å²) < 4.78 is 0. The van der Waals surface area contributed by atoms with Gasteiger partial charge in [-0.05, 0) is 123 Å². The molecule has 0 aromatic heterocycles. The van der Waals surface area contributed by atoms with Gasteiger partial charge in [-0.25, -0.2) is 4.79 Å². The average Bonchev–Trinajstić information content (AvgIpc) is 1.69. The molecular weight excluding hydrogens is 1740 g/mol. The number of carboxylic acids is 2. The third-order valence-electron chi connectivity index (χ3n) is 20.7. The van der Waals surface area contributed by atoms with E-state index >= 15 is 0 Å². The lowest BCUT2D eigenvalue weighted by Gasteiger charge is -2.30. The Bertz CT molecular complexity index is 4250. The molecule has 0 saturated carbocycles. The highest BCUT2D eigenvalue weighted by molar-refractivity contribution is 6.02. The quantitative estimate of drug-likeness (QED) is 0.0288. The van der Waals surface area contributed by atoms with Gasteiger partial charge >= 0.3 is 11.9 Å². The number of carbonyl (C=O) groups is 22. The van der Waals surface area contributed by atoms with Crippen molar-refractivity contribution in [2.45, 2.75) is 268 Å². The second-order valence-corrected chi connectivity index (χ2v) is 32.4. The van der Waals surface area contributed by atoms with Gasteiger partial charge in [0.15, 0.2) is 0 Å². The van der Waals surface area contributed by atoms with Crippen LogP contribution in [0.2, 0.25) is 0 Å². The summed E-state index contributed by atoms with van der Waals surface area (Å²) in [4.78, 5) is 295. The predicted octanol–water partition coefficient (Wildman–Crippen LogP) is -13.5. The van der Waals surface area contributed by atoms with E-state index in [9.17, 15) is 146 Å². The molecule has 20 amide bonds. The number of primary amides is 1. The smallest absolute Gasteiger partial charge is 0.328 e. The number of carbonyl (C=O) groups excluding carboxylic acids is 20. The maximum atomic E-state index is 14.1. The molecule has 1 aromatic carbocycles. The molecule has 2 saturated heterocycles. The van der Waals surface area contributed by atoms with Gasteiger partial charge in [0.2, 0.25) is 118 Å². The van der Waals surface area contributed by atoms with Crippen molar-refractivity contribution in [1.29, 1.82) is 0 Å². The number of rotatable bonds is 53. The Hall–Kier alpha value is -12.9. The van der Waals surface area contributed by atoms with E-state index in [1.165, 1.54) is 52.0 Å². The summed E-state index contributed by atoms with van der Waals surface area (Å²) in [6.07, 6.45) is -5.44. The van der Waals surface area contributed by atoms with Gasteiger partial charge in [-0.2, -0.15) is 0 Å². The first-order valence-corrected chi connectivity index (χ1v) is 42.0. The molecule has 0 aliphatic carbocycles. The molecule has 0 radical (unpaired) electrons. The van der Waals surface area contributed by atoms with Crippen LogP contribution in [0.5, 0.6) is 5.75 Å². The van der Waals surface area contributed by atoms with Crippen molar-refractivity contribution in [2.75, 3.05) is 46.1 Å². The van der Waals surface area contributed by atoms with Crippen LogP contribution in [0.1, 0.15) is 140 Å². The van der Waals surface area contributed by atoms with E-state index in [2.05, 4.69) is 85.1 Å². The molecule has 0 bridgehead atoms. The number of aliphatic carboxylic acids is 2. The lowest BCUT2D eigenvalue weighted by atomic mass is 10.0. The number of carboxylic acid groups (broad SMARTS) is 2. The number of amides is 20. The maximum Gasteiger partial charge on any atom is 0.328 e. The van der Waals surface area contributed by atoms with E-state index in [0.717, 1.165) is 37.5 Å². The zero-order valence-corrected chi connectivity index (χ0v) is 74.5. The van der Waals surface area contributed by atoms with E-state index in [1.807, 2.05) is 5.32 Å². The normalized spacial score (nSPS) is 17.9.